The Kier molecular flexibility index (Phi) is 5.79. The van der Waals surface area contributed by atoms with Gasteiger partial charge >= 0.3 is 0 Å². The van der Waals surface area contributed by atoms with Crippen LogP contribution in [0.15, 0.2) is 34.9 Å². The van der Waals surface area contributed by atoms with Crippen LogP contribution in [0.3, 0.4) is 0 Å². The molecular weight excluding hydrogens is 394 g/mol. The van der Waals surface area contributed by atoms with Crippen molar-refractivity contribution in [3.8, 4) is 5.75 Å². The van der Waals surface area contributed by atoms with Crippen LogP contribution in [0.2, 0.25) is 5.02 Å². The van der Waals surface area contributed by atoms with Crippen LogP contribution in [0.1, 0.15) is 42.6 Å². The quantitative estimate of drug-likeness (QED) is 0.792. The highest BCUT2D eigenvalue weighted by Crippen LogP contribution is 2.28. The maximum Gasteiger partial charge on any atom is 0.271 e. The van der Waals surface area contributed by atoms with E-state index in [1.165, 1.54) is 19.3 Å². The molecule has 3 rings (SSSR count). The van der Waals surface area contributed by atoms with E-state index in [1.807, 2.05) is 0 Å². The average Bonchev–Trinajstić information content (AvgIpc) is 3.04. The molecule has 0 atom stereocenters. The van der Waals surface area contributed by atoms with Gasteiger partial charge < -0.3 is 10.1 Å². The topological polar surface area (TPSA) is 56.2 Å². The molecular formula is C17H19BrClN3O2. The Morgan fingerprint density at radius 1 is 1.33 bits per heavy atom. The summed E-state index contributed by atoms with van der Waals surface area (Å²) in [6, 6.07) is 7.29. The lowest BCUT2D eigenvalue weighted by atomic mass is 9.95. The zero-order valence-corrected chi connectivity index (χ0v) is 15.5. The van der Waals surface area contributed by atoms with Crippen LogP contribution >= 0.6 is 27.5 Å². The van der Waals surface area contributed by atoms with Gasteiger partial charge in [-0.2, -0.15) is 5.10 Å². The predicted molar refractivity (Wildman–Crippen MR) is 96.3 cm³/mol. The van der Waals surface area contributed by atoms with Crippen molar-refractivity contribution >= 4 is 33.4 Å². The summed E-state index contributed by atoms with van der Waals surface area (Å²) in [6.45, 7) is 0.219. The molecule has 1 aromatic heterocycles. The zero-order valence-electron chi connectivity index (χ0n) is 13.2. The maximum absolute atomic E-state index is 12.2. The SMILES string of the molecule is O=C(NC1CCCCC1)c1ccn(COc2ccc(Cl)cc2Br)n1. The van der Waals surface area contributed by atoms with Crippen molar-refractivity contribution < 1.29 is 9.53 Å². The molecule has 1 aliphatic rings. The van der Waals surface area contributed by atoms with Crippen molar-refractivity contribution in [1.82, 2.24) is 15.1 Å². The molecule has 7 heteroatoms. The Bertz CT molecular complexity index is 714. The third-order valence-electron chi connectivity index (χ3n) is 4.06. The van der Waals surface area contributed by atoms with Crippen LogP contribution in [-0.4, -0.2) is 21.7 Å². The normalized spacial score (nSPS) is 15.2. The molecule has 2 aromatic rings. The van der Waals surface area contributed by atoms with Gasteiger partial charge in [0.05, 0.1) is 4.47 Å². The molecule has 1 saturated carbocycles. The fourth-order valence-electron chi connectivity index (χ4n) is 2.79. The van der Waals surface area contributed by atoms with E-state index in [0.29, 0.717) is 16.5 Å². The van der Waals surface area contributed by atoms with Crippen LogP contribution in [0.25, 0.3) is 0 Å². The number of hydrogen-bond acceptors (Lipinski definition) is 3. The second-order valence-corrected chi connectivity index (χ2v) is 7.19. The number of ether oxygens (including phenoxy) is 1. The molecule has 1 aromatic carbocycles. The first kappa shape index (κ1) is 17.3. The van der Waals surface area contributed by atoms with E-state index in [-0.39, 0.29) is 18.7 Å². The maximum atomic E-state index is 12.2. The summed E-state index contributed by atoms with van der Waals surface area (Å²) in [6.07, 6.45) is 7.48. The highest BCUT2D eigenvalue weighted by atomic mass is 79.9. The Morgan fingerprint density at radius 2 is 2.12 bits per heavy atom. The van der Waals surface area contributed by atoms with E-state index < -0.39 is 0 Å². The van der Waals surface area contributed by atoms with Gasteiger partial charge in [-0.05, 0) is 53.0 Å². The van der Waals surface area contributed by atoms with Crippen molar-refractivity contribution in [1.29, 1.82) is 0 Å². The van der Waals surface area contributed by atoms with E-state index in [4.69, 9.17) is 16.3 Å². The zero-order chi connectivity index (χ0) is 16.9. The number of nitrogens with one attached hydrogen (secondary N) is 1. The van der Waals surface area contributed by atoms with Gasteiger partial charge in [-0.1, -0.05) is 30.9 Å². The minimum absolute atomic E-state index is 0.117. The van der Waals surface area contributed by atoms with Gasteiger partial charge in [-0.3, -0.25) is 4.79 Å². The molecule has 0 aliphatic heterocycles. The largest absolute Gasteiger partial charge is 0.470 e. The number of benzene rings is 1. The number of amides is 1. The summed E-state index contributed by atoms with van der Waals surface area (Å²) >= 11 is 9.31. The smallest absolute Gasteiger partial charge is 0.271 e. The fraction of sp³-hybridized carbons (Fsp3) is 0.412. The van der Waals surface area contributed by atoms with Crippen LogP contribution in [0.5, 0.6) is 5.75 Å². The highest BCUT2D eigenvalue weighted by molar-refractivity contribution is 9.10. The summed E-state index contributed by atoms with van der Waals surface area (Å²) in [5, 5.41) is 7.97. The van der Waals surface area contributed by atoms with Gasteiger partial charge in [0.25, 0.3) is 5.91 Å². The number of carbonyl (C=O) groups excluding carboxylic acids is 1. The number of aromatic nitrogens is 2. The number of hydrogen-bond donors (Lipinski definition) is 1. The first-order valence-electron chi connectivity index (χ1n) is 8.04. The third kappa shape index (κ3) is 4.51. The molecule has 0 bridgehead atoms. The minimum Gasteiger partial charge on any atom is -0.470 e. The summed E-state index contributed by atoms with van der Waals surface area (Å²) in [5.41, 5.74) is 0.416. The Balaban J connectivity index is 1.55. The first-order valence-corrected chi connectivity index (χ1v) is 9.21. The second-order valence-electron chi connectivity index (χ2n) is 5.90. The van der Waals surface area contributed by atoms with Crippen molar-refractivity contribution in [3.05, 3.63) is 45.7 Å². The lowest BCUT2D eigenvalue weighted by molar-refractivity contribution is 0.0920. The Hall–Kier alpha value is -1.53. The van der Waals surface area contributed by atoms with Crippen molar-refractivity contribution in [2.45, 2.75) is 44.9 Å². The number of nitrogens with zero attached hydrogens (tertiary/aromatic N) is 2. The molecule has 0 unspecified atom stereocenters. The molecule has 1 N–H and O–H groups in total. The van der Waals surface area contributed by atoms with Gasteiger partial charge in [-0.15, -0.1) is 0 Å². The lowest BCUT2D eigenvalue weighted by Crippen LogP contribution is -2.36. The van der Waals surface area contributed by atoms with Gasteiger partial charge in [0.2, 0.25) is 0 Å². The summed E-state index contributed by atoms with van der Waals surface area (Å²) in [5.74, 6) is 0.552. The third-order valence-corrected chi connectivity index (χ3v) is 4.91. The van der Waals surface area contributed by atoms with Crippen LogP contribution in [0, 0.1) is 0 Å². The summed E-state index contributed by atoms with van der Waals surface area (Å²) in [4.78, 5) is 12.2. The standard InChI is InChI=1S/C17H19BrClN3O2/c18-14-10-12(19)6-7-16(14)24-11-22-9-8-15(21-22)17(23)20-13-4-2-1-3-5-13/h6-10,13H,1-5,11H2,(H,20,23). The minimum atomic E-state index is -0.117. The van der Waals surface area contributed by atoms with Crippen LogP contribution in [0.4, 0.5) is 0 Å². The highest BCUT2D eigenvalue weighted by Gasteiger charge is 2.18. The van der Waals surface area contributed by atoms with Gasteiger partial charge in [0.15, 0.2) is 6.73 Å². The van der Waals surface area contributed by atoms with Crippen molar-refractivity contribution in [2.75, 3.05) is 0 Å². The molecule has 0 spiro atoms. The molecule has 1 amide bonds. The van der Waals surface area contributed by atoms with Crippen LogP contribution < -0.4 is 10.1 Å². The predicted octanol–water partition coefficient (Wildman–Crippen LogP) is 4.40. The number of rotatable bonds is 5. The van der Waals surface area contributed by atoms with Gasteiger partial charge in [0, 0.05) is 17.3 Å². The second kappa shape index (κ2) is 8.03. The Morgan fingerprint density at radius 3 is 2.88 bits per heavy atom. The molecule has 0 radical (unpaired) electrons. The fourth-order valence-corrected chi connectivity index (χ4v) is 3.59. The first-order chi connectivity index (χ1) is 11.6. The van der Waals surface area contributed by atoms with E-state index in [9.17, 15) is 4.79 Å². The van der Waals surface area contributed by atoms with Gasteiger partial charge in [0.1, 0.15) is 11.4 Å². The number of carbonyl (C=O) groups is 1. The molecule has 5 nitrogen and oxygen atoms in total. The Labute approximate surface area is 154 Å². The molecule has 128 valence electrons. The van der Waals surface area contributed by atoms with E-state index in [1.54, 1.807) is 35.1 Å². The van der Waals surface area contributed by atoms with E-state index >= 15 is 0 Å². The van der Waals surface area contributed by atoms with E-state index in [0.717, 1.165) is 17.3 Å². The van der Waals surface area contributed by atoms with Crippen molar-refractivity contribution in [3.63, 3.8) is 0 Å². The molecule has 24 heavy (non-hydrogen) atoms. The van der Waals surface area contributed by atoms with E-state index in [2.05, 4.69) is 26.3 Å². The number of halogens is 2. The molecule has 1 aliphatic carbocycles. The summed E-state index contributed by atoms with van der Waals surface area (Å²) in [7, 11) is 0. The molecule has 1 heterocycles. The van der Waals surface area contributed by atoms with Crippen molar-refractivity contribution in [2.24, 2.45) is 0 Å². The molecule has 1 fully saturated rings. The molecule has 0 saturated heterocycles. The lowest BCUT2D eigenvalue weighted by Gasteiger charge is -2.22. The summed E-state index contributed by atoms with van der Waals surface area (Å²) < 4.78 is 8.05. The monoisotopic (exact) mass is 411 g/mol. The van der Waals surface area contributed by atoms with Gasteiger partial charge in [-0.25, -0.2) is 4.68 Å². The average molecular weight is 413 g/mol. The van der Waals surface area contributed by atoms with Crippen LogP contribution in [-0.2, 0) is 6.73 Å².